The molecule has 7 heteroatoms. The van der Waals surface area contributed by atoms with Gasteiger partial charge in [-0.15, -0.1) is 0 Å². The lowest BCUT2D eigenvalue weighted by atomic mass is 10.2. The van der Waals surface area contributed by atoms with Gasteiger partial charge in [-0.3, -0.25) is 9.55 Å². The quantitative estimate of drug-likeness (QED) is 0.556. The van der Waals surface area contributed by atoms with E-state index < -0.39 is 10.1 Å². The highest BCUT2D eigenvalue weighted by Crippen LogP contribution is 2.24. The van der Waals surface area contributed by atoms with Crippen molar-refractivity contribution >= 4 is 22.0 Å². The Morgan fingerprint density at radius 1 is 0.917 bits per heavy atom. The van der Waals surface area contributed by atoms with Gasteiger partial charge in [0.2, 0.25) is 0 Å². The van der Waals surface area contributed by atoms with Crippen molar-refractivity contribution in [1.29, 1.82) is 0 Å². The maximum absolute atomic E-state index is 11.0. The van der Waals surface area contributed by atoms with Gasteiger partial charge in [0.15, 0.2) is 0 Å². The van der Waals surface area contributed by atoms with Gasteiger partial charge in [0.25, 0.3) is 10.1 Å². The predicted molar refractivity (Wildman–Crippen MR) is 89.3 cm³/mol. The van der Waals surface area contributed by atoms with E-state index in [4.69, 9.17) is 8.97 Å². The highest BCUT2D eigenvalue weighted by molar-refractivity contribution is 7.85. The van der Waals surface area contributed by atoms with Crippen LogP contribution in [0.15, 0.2) is 75.0 Å². The summed E-state index contributed by atoms with van der Waals surface area (Å²) in [5.41, 5.74) is 1.34. The number of aliphatic imine (C=N–C) groups is 1. The molecule has 0 unspecified atom stereocenters. The zero-order valence-electron chi connectivity index (χ0n) is 12.3. The summed E-state index contributed by atoms with van der Waals surface area (Å²) in [6, 6.07) is 15.6. The average Bonchev–Trinajstić information content (AvgIpc) is 3.03. The van der Waals surface area contributed by atoms with Crippen LogP contribution in [0.25, 0.3) is 11.3 Å². The first-order valence-corrected chi connectivity index (χ1v) is 8.37. The van der Waals surface area contributed by atoms with Crippen LogP contribution in [-0.4, -0.2) is 24.3 Å². The smallest absolute Gasteiger partial charge is 0.294 e. The van der Waals surface area contributed by atoms with Gasteiger partial charge in [0, 0.05) is 5.56 Å². The fourth-order valence-corrected chi connectivity index (χ4v) is 2.53. The van der Waals surface area contributed by atoms with E-state index in [1.54, 1.807) is 42.6 Å². The Bertz CT molecular complexity index is 971. The number of phenolic OH excluding ortho intramolecular Hbond substituents is 1. The van der Waals surface area contributed by atoms with Crippen LogP contribution >= 0.6 is 0 Å². The fraction of sp³-hybridized carbons (Fsp3) is 0. The van der Waals surface area contributed by atoms with Crippen LogP contribution in [-0.2, 0) is 10.1 Å². The predicted octanol–water partition coefficient (Wildman–Crippen LogP) is 3.65. The number of hydrogen-bond acceptors (Lipinski definition) is 5. The second-order valence-electron chi connectivity index (χ2n) is 4.98. The fourth-order valence-electron chi connectivity index (χ4n) is 2.05. The van der Waals surface area contributed by atoms with E-state index in [0.717, 1.165) is 0 Å². The Kier molecular flexibility index (Phi) is 4.20. The summed E-state index contributed by atoms with van der Waals surface area (Å²) in [6.45, 7) is 0. The Hall–Kier alpha value is -2.90. The molecular weight excluding hydrogens is 330 g/mol. The van der Waals surface area contributed by atoms with Gasteiger partial charge in [-0.2, -0.15) is 8.42 Å². The van der Waals surface area contributed by atoms with Gasteiger partial charge in [0.05, 0.1) is 16.8 Å². The Morgan fingerprint density at radius 2 is 1.58 bits per heavy atom. The molecule has 0 saturated carbocycles. The Morgan fingerprint density at radius 3 is 2.21 bits per heavy atom. The molecule has 1 aromatic heterocycles. The number of aromatic hydroxyl groups is 1. The van der Waals surface area contributed by atoms with Crippen LogP contribution in [0.4, 0.5) is 5.69 Å². The van der Waals surface area contributed by atoms with E-state index >= 15 is 0 Å². The summed E-state index contributed by atoms with van der Waals surface area (Å²) in [5.74, 6) is 1.24. The third-order valence-corrected chi connectivity index (χ3v) is 4.12. The molecule has 2 aromatic carbocycles. The molecule has 6 nitrogen and oxygen atoms in total. The van der Waals surface area contributed by atoms with Crippen molar-refractivity contribution < 1.29 is 22.5 Å². The first-order valence-electron chi connectivity index (χ1n) is 6.93. The normalized spacial score (nSPS) is 11.9. The van der Waals surface area contributed by atoms with Crippen LogP contribution in [0.5, 0.6) is 5.75 Å². The van der Waals surface area contributed by atoms with Crippen LogP contribution in [0, 0.1) is 0 Å². The summed E-state index contributed by atoms with van der Waals surface area (Å²) in [5, 5.41) is 9.22. The minimum Gasteiger partial charge on any atom is -0.508 e. The molecule has 3 rings (SSSR count). The van der Waals surface area contributed by atoms with Crippen molar-refractivity contribution in [1.82, 2.24) is 0 Å². The monoisotopic (exact) mass is 343 g/mol. The second kappa shape index (κ2) is 6.31. The molecule has 2 N–H and O–H groups in total. The molecule has 3 aromatic rings. The van der Waals surface area contributed by atoms with Gasteiger partial charge >= 0.3 is 0 Å². The van der Waals surface area contributed by atoms with Gasteiger partial charge in [-0.1, -0.05) is 0 Å². The number of benzene rings is 2. The van der Waals surface area contributed by atoms with Crippen LogP contribution < -0.4 is 0 Å². The van der Waals surface area contributed by atoms with E-state index in [1.807, 2.05) is 0 Å². The number of furan rings is 1. The Labute approximate surface area is 138 Å². The summed E-state index contributed by atoms with van der Waals surface area (Å²) < 4.78 is 36.6. The largest absolute Gasteiger partial charge is 0.508 e. The molecule has 0 aliphatic heterocycles. The highest BCUT2D eigenvalue weighted by atomic mass is 32.2. The van der Waals surface area contributed by atoms with Crippen molar-refractivity contribution in [3.05, 3.63) is 66.4 Å². The first kappa shape index (κ1) is 16.0. The summed E-state index contributed by atoms with van der Waals surface area (Å²) in [6.07, 6.45) is 1.54. The summed E-state index contributed by atoms with van der Waals surface area (Å²) >= 11 is 0. The molecule has 0 aliphatic carbocycles. The summed E-state index contributed by atoms with van der Waals surface area (Å²) in [4.78, 5) is 4.05. The molecule has 0 fully saturated rings. The molecule has 0 atom stereocenters. The molecule has 0 spiro atoms. The molecule has 0 bridgehead atoms. The molecular formula is C17H13NO5S. The zero-order chi connectivity index (χ0) is 17.2. The van der Waals surface area contributed by atoms with E-state index in [9.17, 15) is 13.5 Å². The minimum absolute atomic E-state index is 0.169. The maximum Gasteiger partial charge on any atom is 0.294 e. The zero-order valence-corrected chi connectivity index (χ0v) is 13.1. The van der Waals surface area contributed by atoms with Crippen LogP contribution in [0.2, 0.25) is 0 Å². The van der Waals surface area contributed by atoms with Gasteiger partial charge in [-0.05, 0) is 60.7 Å². The summed E-state index contributed by atoms with van der Waals surface area (Å²) in [7, 11) is -4.21. The first-order chi connectivity index (χ1) is 11.4. The van der Waals surface area contributed by atoms with Gasteiger partial charge in [-0.25, -0.2) is 0 Å². The minimum atomic E-state index is -4.21. The number of phenols is 1. The lowest BCUT2D eigenvalue weighted by Gasteiger charge is -1.99. The number of nitrogens with zero attached hydrogens (tertiary/aromatic N) is 1. The Balaban J connectivity index is 1.79. The van der Waals surface area contributed by atoms with E-state index in [-0.39, 0.29) is 10.6 Å². The van der Waals surface area contributed by atoms with Crippen molar-refractivity contribution in [3.8, 4) is 17.1 Å². The van der Waals surface area contributed by atoms with E-state index in [2.05, 4.69) is 4.99 Å². The second-order valence-corrected chi connectivity index (χ2v) is 6.40. The molecule has 0 aliphatic rings. The molecule has 0 saturated heterocycles. The van der Waals surface area contributed by atoms with Gasteiger partial charge < -0.3 is 9.52 Å². The molecule has 0 amide bonds. The van der Waals surface area contributed by atoms with Crippen molar-refractivity contribution in [2.24, 2.45) is 4.99 Å². The highest BCUT2D eigenvalue weighted by Gasteiger charge is 2.10. The number of hydrogen-bond donors (Lipinski definition) is 2. The lowest BCUT2D eigenvalue weighted by molar-refractivity contribution is 0.475. The molecule has 0 radical (unpaired) electrons. The van der Waals surface area contributed by atoms with Crippen LogP contribution in [0.3, 0.4) is 0 Å². The SMILES string of the molecule is O=S(=O)(O)c1ccc(-c2ccc(C=Nc3ccc(O)cc3)o2)cc1. The lowest BCUT2D eigenvalue weighted by Crippen LogP contribution is -1.96. The molecule has 1 heterocycles. The van der Waals surface area contributed by atoms with Crippen molar-refractivity contribution in [2.75, 3.05) is 0 Å². The average molecular weight is 343 g/mol. The van der Waals surface area contributed by atoms with Gasteiger partial charge in [0.1, 0.15) is 17.3 Å². The standard InChI is InChI=1S/C17H13NO5S/c19-14-5-3-13(4-6-14)18-11-15-7-10-17(23-15)12-1-8-16(9-2-12)24(20,21)22/h1-11,19H,(H,20,21,22). The molecule has 122 valence electrons. The molecule has 24 heavy (non-hydrogen) atoms. The third-order valence-electron chi connectivity index (χ3n) is 3.25. The van der Waals surface area contributed by atoms with E-state index in [0.29, 0.717) is 22.8 Å². The third kappa shape index (κ3) is 3.70. The topological polar surface area (TPSA) is 100 Å². The van der Waals surface area contributed by atoms with E-state index in [1.165, 1.54) is 24.3 Å². The van der Waals surface area contributed by atoms with Crippen molar-refractivity contribution in [2.45, 2.75) is 4.90 Å². The maximum atomic E-state index is 11.0. The van der Waals surface area contributed by atoms with Crippen molar-refractivity contribution in [3.63, 3.8) is 0 Å². The van der Waals surface area contributed by atoms with Crippen LogP contribution in [0.1, 0.15) is 5.76 Å². The number of rotatable bonds is 4.